The van der Waals surface area contributed by atoms with Gasteiger partial charge in [0.15, 0.2) is 5.78 Å². The SMILES string of the molecule is N=C1/C(=C(/O)c2ccccc2)[C@H](c2ccc(Cl)cc2)C2=C(CCCC2=O)N1c1ccc(Cl)cc1. The molecule has 0 unspecified atom stereocenters. The number of allylic oxidation sites excluding steroid dienone is 2. The molecule has 1 heterocycles. The summed E-state index contributed by atoms with van der Waals surface area (Å²) >= 11 is 12.3. The minimum absolute atomic E-state index is 0.0190. The van der Waals surface area contributed by atoms with Crippen LogP contribution >= 0.6 is 23.2 Å². The number of hydrogen-bond acceptors (Lipinski definition) is 3. The van der Waals surface area contributed by atoms with E-state index in [1.165, 1.54) is 0 Å². The van der Waals surface area contributed by atoms with Crippen LogP contribution in [0.2, 0.25) is 10.0 Å². The maximum absolute atomic E-state index is 13.4. The minimum Gasteiger partial charge on any atom is -0.507 e. The number of nitrogens with one attached hydrogen (secondary N) is 1. The van der Waals surface area contributed by atoms with Gasteiger partial charge in [0.2, 0.25) is 0 Å². The molecular weight excluding hydrogens is 467 g/mol. The lowest BCUT2D eigenvalue weighted by Crippen LogP contribution is -2.42. The Labute approximate surface area is 208 Å². The predicted molar refractivity (Wildman–Crippen MR) is 138 cm³/mol. The monoisotopic (exact) mass is 488 g/mol. The normalized spacial score (nSPS) is 19.8. The van der Waals surface area contributed by atoms with Crippen molar-refractivity contribution in [1.82, 2.24) is 0 Å². The third-order valence-corrected chi connectivity index (χ3v) is 6.85. The summed E-state index contributed by atoms with van der Waals surface area (Å²) in [7, 11) is 0. The van der Waals surface area contributed by atoms with Crippen molar-refractivity contribution >= 4 is 46.3 Å². The Morgan fingerprint density at radius 1 is 0.882 bits per heavy atom. The summed E-state index contributed by atoms with van der Waals surface area (Å²) in [4.78, 5) is 15.2. The molecule has 3 aromatic rings. The number of aliphatic hydroxyl groups excluding tert-OH is 1. The molecule has 170 valence electrons. The van der Waals surface area contributed by atoms with Gasteiger partial charge in [-0.1, -0.05) is 65.7 Å². The molecular formula is C28H22Cl2N2O2. The number of carbonyl (C=O) groups is 1. The highest BCUT2D eigenvalue weighted by molar-refractivity contribution is 6.31. The van der Waals surface area contributed by atoms with E-state index in [2.05, 4.69) is 0 Å². The van der Waals surface area contributed by atoms with Gasteiger partial charge in [0, 0.05) is 50.5 Å². The first kappa shape index (κ1) is 22.5. The van der Waals surface area contributed by atoms with E-state index in [1.807, 2.05) is 42.5 Å². The highest BCUT2D eigenvalue weighted by Crippen LogP contribution is 2.48. The smallest absolute Gasteiger partial charge is 0.161 e. The average molecular weight is 489 g/mol. The first-order chi connectivity index (χ1) is 16.5. The molecule has 0 saturated heterocycles. The lowest BCUT2D eigenvalue weighted by atomic mass is 9.73. The summed E-state index contributed by atoms with van der Waals surface area (Å²) < 4.78 is 0. The minimum atomic E-state index is -0.573. The fraction of sp³-hybridized carbons (Fsp3) is 0.143. The molecule has 0 radical (unpaired) electrons. The predicted octanol–water partition coefficient (Wildman–Crippen LogP) is 7.55. The second kappa shape index (κ2) is 9.13. The molecule has 0 spiro atoms. The van der Waals surface area contributed by atoms with E-state index in [0.29, 0.717) is 46.0 Å². The first-order valence-electron chi connectivity index (χ1n) is 11.1. The van der Waals surface area contributed by atoms with Crippen molar-refractivity contribution in [1.29, 1.82) is 5.41 Å². The summed E-state index contributed by atoms with van der Waals surface area (Å²) in [5, 5.41) is 22.0. The number of nitrogens with zero attached hydrogens (tertiary/aromatic N) is 1. The molecule has 6 heteroatoms. The van der Waals surface area contributed by atoms with E-state index < -0.39 is 5.92 Å². The number of ketones is 1. The van der Waals surface area contributed by atoms with E-state index in [1.54, 1.807) is 41.3 Å². The molecule has 3 aromatic carbocycles. The molecule has 0 saturated carbocycles. The Kier molecular flexibility index (Phi) is 6.03. The van der Waals surface area contributed by atoms with Crippen LogP contribution in [0.3, 0.4) is 0 Å². The topological polar surface area (TPSA) is 64.4 Å². The first-order valence-corrected chi connectivity index (χ1v) is 11.9. The van der Waals surface area contributed by atoms with Gasteiger partial charge < -0.3 is 5.11 Å². The summed E-state index contributed by atoms with van der Waals surface area (Å²) in [5.41, 5.74) is 3.93. The van der Waals surface area contributed by atoms with Crippen molar-refractivity contribution in [3.8, 4) is 0 Å². The van der Waals surface area contributed by atoms with Crippen LogP contribution in [0, 0.1) is 5.41 Å². The van der Waals surface area contributed by atoms with Gasteiger partial charge in [0.25, 0.3) is 0 Å². The Balaban J connectivity index is 1.82. The lowest BCUT2D eigenvalue weighted by Gasteiger charge is -2.41. The number of halogens is 2. The van der Waals surface area contributed by atoms with Crippen molar-refractivity contribution in [2.75, 3.05) is 4.90 Å². The Bertz CT molecular complexity index is 1330. The van der Waals surface area contributed by atoms with Crippen LogP contribution in [0.1, 0.15) is 36.3 Å². The van der Waals surface area contributed by atoms with E-state index in [4.69, 9.17) is 23.2 Å². The van der Waals surface area contributed by atoms with Crippen molar-refractivity contribution in [3.63, 3.8) is 0 Å². The van der Waals surface area contributed by atoms with E-state index in [0.717, 1.165) is 16.9 Å². The van der Waals surface area contributed by atoms with E-state index in [9.17, 15) is 15.3 Å². The lowest BCUT2D eigenvalue weighted by molar-refractivity contribution is -0.116. The van der Waals surface area contributed by atoms with Crippen LogP contribution < -0.4 is 4.90 Å². The van der Waals surface area contributed by atoms with Crippen LogP contribution in [0.5, 0.6) is 0 Å². The second-order valence-electron chi connectivity index (χ2n) is 8.41. The molecule has 34 heavy (non-hydrogen) atoms. The van der Waals surface area contributed by atoms with Crippen molar-refractivity contribution in [2.24, 2.45) is 0 Å². The van der Waals surface area contributed by atoms with Crippen molar-refractivity contribution in [2.45, 2.75) is 25.2 Å². The van der Waals surface area contributed by atoms with Gasteiger partial charge in [0.1, 0.15) is 11.6 Å². The van der Waals surface area contributed by atoms with Crippen molar-refractivity contribution in [3.05, 3.63) is 117 Å². The molecule has 0 aromatic heterocycles. The molecule has 0 amide bonds. The maximum Gasteiger partial charge on any atom is 0.161 e. The molecule has 2 N–H and O–H groups in total. The zero-order valence-corrected chi connectivity index (χ0v) is 19.8. The quantitative estimate of drug-likeness (QED) is 0.374. The number of hydrogen-bond donors (Lipinski definition) is 2. The maximum atomic E-state index is 13.4. The van der Waals surface area contributed by atoms with Crippen LogP contribution in [0.15, 0.2) is 95.7 Å². The zero-order chi connectivity index (χ0) is 23.8. The molecule has 1 atom stereocenters. The van der Waals surface area contributed by atoms with Gasteiger partial charge in [0.05, 0.1) is 0 Å². The summed E-state index contributed by atoms with van der Waals surface area (Å²) in [6, 6.07) is 23.6. The number of aliphatic hydroxyl groups is 1. The van der Waals surface area contributed by atoms with Crippen molar-refractivity contribution < 1.29 is 9.90 Å². The van der Waals surface area contributed by atoms with E-state index >= 15 is 0 Å². The summed E-state index contributed by atoms with van der Waals surface area (Å²) in [6.07, 6.45) is 1.81. The average Bonchev–Trinajstić information content (AvgIpc) is 2.85. The van der Waals surface area contributed by atoms with Crippen LogP contribution in [0.25, 0.3) is 5.76 Å². The summed E-state index contributed by atoms with van der Waals surface area (Å²) in [5.74, 6) is -0.422. The van der Waals surface area contributed by atoms with Gasteiger partial charge in [-0.25, -0.2) is 0 Å². The number of amidine groups is 1. The van der Waals surface area contributed by atoms with Gasteiger partial charge in [-0.15, -0.1) is 0 Å². The van der Waals surface area contributed by atoms with Crippen LogP contribution in [-0.2, 0) is 4.79 Å². The number of rotatable bonds is 3. The van der Waals surface area contributed by atoms with Gasteiger partial charge in [-0.05, 0) is 54.8 Å². The number of anilines is 1. The Hall–Kier alpha value is -3.34. The van der Waals surface area contributed by atoms with Gasteiger partial charge in [-0.2, -0.15) is 0 Å². The number of Topliss-reactive ketones (excluding diaryl/α,β-unsaturated/α-hetero) is 1. The Morgan fingerprint density at radius 2 is 1.50 bits per heavy atom. The molecule has 4 nitrogen and oxygen atoms in total. The largest absolute Gasteiger partial charge is 0.507 e. The van der Waals surface area contributed by atoms with Gasteiger partial charge >= 0.3 is 0 Å². The number of carbonyl (C=O) groups excluding carboxylic acids is 1. The fourth-order valence-electron chi connectivity index (χ4n) is 4.81. The molecule has 0 bridgehead atoms. The fourth-order valence-corrected chi connectivity index (χ4v) is 5.06. The number of benzene rings is 3. The van der Waals surface area contributed by atoms with E-state index in [-0.39, 0.29) is 17.4 Å². The third kappa shape index (κ3) is 3.93. The zero-order valence-electron chi connectivity index (χ0n) is 18.3. The standard InChI is InChI=1S/C28H22Cl2N2O2/c29-19-11-9-17(10-12-19)24-25-22(7-4-8-23(25)33)32(21-15-13-20(30)14-16-21)28(31)26(24)27(34)18-5-2-1-3-6-18/h1-3,5-6,9-16,24,31,34H,4,7-8H2/b27-26+,31-28?/t24-/m1/s1. The molecule has 1 aliphatic heterocycles. The Morgan fingerprint density at radius 3 is 2.15 bits per heavy atom. The highest BCUT2D eigenvalue weighted by Gasteiger charge is 2.43. The molecule has 0 fully saturated rings. The van der Waals surface area contributed by atoms with Crippen LogP contribution in [0.4, 0.5) is 5.69 Å². The second-order valence-corrected chi connectivity index (χ2v) is 9.28. The molecule has 5 rings (SSSR count). The molecule has 1 aliphatic carbocycles. The van der Waals surface area contributed by atoms with Gasteiger partial charge in [-0.3, -0.25) is 15.1 Å². The highest BCUT2D eigenvalue weighted by atomic mass is 35.5. The third-order valence-electron chi connectivity index (χ3n) is 6.35. The summed E-state index contributed by atoms with van der Waals surface area (Å²) in [6.45, 7) is 0. The molecule has 2 aliphatic rings. The van der Waals surface area contributed by atoms with Crippen LogP contribution in [-0.4, -0.2) is 16.7 Å².